The normalized spacial score (nSPS) is 27.7. The SMILES string of the molecule is NCC1c2cccc(Cl)c2CN1CC1CCCO1. The van der Waals surface area contributed by atoms with Crippen LogP contribution < -0.4 is 5.73 Å². The first-order chi connectivity index (χ1) is 8.79. The van der Waals surface area contributed by atoms with Gasteiger partial charge in [0.2, 0.25) is 0 Å². The molecule has 1 saturated heterocycles. The van der Waals surface area contributed by atoms with Gasteiger partial charge in [0.15, 0.2) is 0 Å². The lowest BCUT2D eigenvalue weighted by atomic mass is 10.1. The predicted molar refractivity (Wildman–Crippen MR) is 72.6 cm³/mol. The zero-order valence-corrected chi connectivity index (χ0v) is 11.2. The molecule has 1 fully saturated rings. The van der Waals surface area contributed by atoms with Crippen LogP contribution in [0.3, 0.4) is 0 Å². The Morgan fingerprint density at radius 1 is 1.44 bits per heavy atom. The Hall–Kier alpha value is -0.610. The zero-order valence-electron chi connectivity index (χ0n) is 10.4. The summed E-state index contributed by atoms with van der Waals surface area (Å²) < 4.78 is 5.72. The lowest BCUT2D eigenvalue weighted by molar-refractivity contribution is 0.0609. The van der Waals surface area contributed by atoms with E-state index in [1.54, 1.807) is 0 Å². The van der Waals surface area contributed by atoms with Crippen molar-refractivity contribution >= 4 is 11.6 Å². The number of nitrogens with zero attached hydrogens (tertiary/aromatic N) is 1. The van der Waals surface area contributed by atoms with Crippen molar-refractivity contribution in [1.82, 2.24) is 4.90 Å². The molecule has 0 aromatic heterocycles. The molecule has 0 radical (unpaired) electrons. The fourth-order valence-corrected chi connectivity index (χ4v) is 3.32. The van der Waals surface area contributed by atoms with Crippen LogP contribution in [0.2, 0.25) is 5.02 Å². The number of benzene rings is 1. The van der Waals surface area contributed by atoms with Crippen LogP contribution in [0, 0.1) is 0 Å². The van der Waals surface area contributed by atoms with E-state index >= 15 is 0 Å². The molecule has 2 atom stereocenters. The Bertz CT molecular complexity index is 432. The Kier molecular flexibility index (Phi) is 3.57. The van der Waals surface area contributed by atoms with Gasteiger partial charge in [0.1, 0.15) is 0 Å². The maximum Gasteiger partial charge on any atom is 0.0703 e. The van der Waals surface area contributed by atoms with Gasteiger partial charge in [0.25, 0.3) is 0 Å². The summed E-state index contributed by atoms with van der Waals surface area (Å²) in [7, 11) is 0. The van der Waals surface area contributed by atoms with Crippen LogP contribution in [0.15, 0.2) is 18.2 Å². The Morgan fingerprint density at radius 3 is 3.06 bits per heavy atom. The molecule has 2 unspecified atom stereocenters. The van der Waals surface area contributed by atoms with Gasteiger partial charge < -0.3 is 10.5 Å². The zero-order chi connectivity index (χ0) is 12.5. The topological polar surface area (TPSA) is 38.5 Å². The van der Waals surface area contributed by atoms with Crippen LogP contribution in [-0.4, -0.2) is 30.7 Å². The van der Waals surface area contributed by atoms with Gasteiger partial charge in [-0.25, -0.2) is 0 Å². The molecule has 2 N–H and O–H groups in total. The summed E-state index contributed by atoms with van der Waals surface area (Å²) in [6.45, 7) is 3.41. The van der Waals surface area contributed by atoms with Gasteiger partial charge in [-0.05, 0) is 30.0 Å². The second-order valence-corrected chi connectivity index (χ2v) is 5.53. The summed E-state index contributed by atoms with van der Waals surface area (Å²) in [6.07, 6.45) is 2.71. The summed E-state index contributed by atoms with van der Waals surface area (Å²) in [5.41, 5.74) is 8.48. The maximum absolute atomic E-state index is 6.28. The molecule has 0 saturated carbocycles. The lowest BCUT2D eigenvalue weighted by Crippen LogP contribution is -2.34. The largest absolute Gasteiger partial charge is 0.377 e. The van der Waals surface area contributed by atoms with E-state index in [1.165, 1.54) is 17.5 Å². The van der Waals surface area contributed by atoms with Crippen molar-refractivity contribution in [3.8, 4) is 0 Å². The van der Waals surface area contributed by atoms with Gasteiger partial charge in [0, 0.05) is 37.3 Å². The van der Waals surface area contributed by atoms with Gasteiger partial charge in [-0.15, -0.1) is 0 Å². The highest BCUT2D eigenvalue weighted by molar-refractivity contribution is 6.31. The highest BCUT2D eigenvalue weighted by Crippen LogP contribution is 2.37. The van der Waals surface area contributed by atoms with Gasteiger partial charge in [-0.2, -0.15) is 0 Å². The van der Waals surface area contributed by atoms with Crippen molar-refractivity contribution in [2.45, 2.75) is 31.5 Å². The van der Waals surface area contributed by atoms with E-state index in [0.717, 1.165) is 31.1 Å². The van der Waals surface area contributed by atoms with Crippen LogP contribution in [0.25, 0.3) is 0 Å². The molecule has 2 aliphatic heterocycles. The summed E-state index contributed by atoms with van der Waals surface area (Å²) in [6, 6.07) is 6.42. The molecule has 4 heteroatoms. The van der Waals surface area contributed by atoms with Gasteiger partial charge in [0.05, 0.1) is 6.10 Å². The van der Waals surface area contributed by atoms with Crippen LogP contribution >= 0.6 is 11.6 Å². The minimum atomic E-state index is 0.294. The van der Waals surface area contributed by atoms with E-state index < -0.39 is 0 Å². The number of ether oxygens (including phenoxy) is 1. The number of hydrogen-bond acceptors (Lipinski definition) is 3. The van der Waals surface area contributed by atoms with Gasteiger partial charge in [-0.3, -0.25) is 4.90 Å². The van der Waals surface area contributed by atoms with E-state index in [1.807, 2.05) is 12.1 Å². The molecule has 98 valence electrons. The number of hydrogen-bond donors (Lipinski definition) is 1. The number of halogens is 1. The molecule has 18 heavy (non-hydrogen) atoms. The quantitative estimate of drug-likeness (QED) is 0.913. The van der Waals surface area contributed by atoms with Crippen molar-refractivity contribution in [1.29, 1.82) is 0 Å². The van der Waals surface area contributed by atoms with Crippen molar-refractivity contribution in [2.24, 2.45) is 5.73 Å². The second kappa shape index (κ2) is 5.17. The fraction of sp³-hybridized carbons (Fsp3) is 0.571. The van der Waals surface area contributed by atoms with Gasteiger partial charge in [-0.1, -0.05) is 23.7 Å². The summed E-state index contributed by atoms with van der Waals surface area (Å²) in [4.78, 5) is 2.41. The van der Waals surface area contributed by atoms with E-state index in [4.69, 9.17) is 22.1 Å². The predicted octanol–water partition coefficient (Wildman–Crippen LogP) is 2.33. The standard InChI is InChI=1S/C14H19ClN2O/c15-13-5-1-4-11-12(13)9-17(14(11)7-16)8-10-3-2-6-18-10/h1,4-5,10,14H,2-3,6-9,16H2. The maximum atomic E-state index is 6.28. The smallest absolute Gasteiger partial charge is 0.0703 e. The first-order valence-electron chi connectivity index (χ1n) is 6.62. The average Bonchev–Trinajstić information content (AvgIpc) is 2.97. The average molecular weight is 267 g/mol. The molecule has 3 rings (SSSR count). The van der Waals surface area contributed by atoms with Crippen molar-refractivity contribution < 1.29 is 4.74 Å². The fourth-order valence-electron chi connectivity index (χ4n) is 3.08. The molecular weight excluding hydrogens is 248 g/mol. The van der Waals surface area contributed by atoms with Crippen LogP contribution in [0.4, 0.5) is 0 Å². The van der Waals surface area contributed by atoms with Crippen LogP contribution in [-0.2, 0) is 11.3 Å². The molecular formula is C14H19ClN2O. The molecule has 0 bridgehead atoms. The number of nitrogens with two attached hydrogens (primary N) is 1. The van der Waals surface area contributed by atoms with Gasteiger partial charge >= 0.3 is 0 Å². The highest BCUT2D eigenvalue weighted by Gasteiger charge is 2.32. The monoisotopic (exact) mass is 266 g/mol. The molecule has 0 aliphatic carbocycles. The molecule has 2 heterocycles. The summed E-state index contributed by atoms with van der Waals surface area (Å²) in [5, 5.41) is 0.862. The third-order valence-electron chi connectivity index (χ3n) is 4.00. The lowest BCUT2D eigenvalue weighted by Gasteiger charge is -2.26. The first kappa shape index (κ1) is 12.4. The summed E-state index contributed by atoms with van der Waals surface area (Å²) >= 11 is 6.28. The molecule has 0 spiro atoms. The van der Waals surface area contributed by atoms with E-state index in [0.29, 0.717) is 18.7 Å². The Labute approximate surface area is 113 Å². The Balaban J connectivity index is 1.79. The minimum Gasteiger partial charge on any atom is -0.377 e. The van der Waals surface area contributed by atoms with Crippen LogP contribution in [0.5, 0.6) is 0 Å². The molecule has 1 aromatic carbocycles. The number of rotatable bonds is 3. The van der Waals surface area contributed by atoms with Crippen LogP contribution in [0.1, 0.15) is 30.0 Å². The third kappa shape index (κ3) is 2.16. The first-order valence-corrected chi connectivity index (χ1v) is 7.00. The second-order valence-electron chi connectivity index (χ2n) is 5.12. The molecule has 0 amide bonds. The minimum absolute atomic E-state index is 0.294. The van der Waals surface area contributed by atoms with E-state index in [-0.39, 0.29) is 0 Å². The molecule has 3 nitrogen and oxygen atoms in total. The number of fused-ring (bicyclic) bond motifs is 1. The van der Waals surface area contributed by atoms with E-state index in [9.17, 15) is 0 Å². The highest BCUT2D eigenvalue weighted by atomic mass is 35.5. The molecule has 1 aromatic rings. The Morgan fingerprint density at radius 2 is 2.33 bits per heavy atom. The van der Waals surface area contributed by atoms with Crippen molar-refractivity contribution in [3.63, 3.8) is 0 Å². The van der Waals surface area contributed by atoms with Crippen molar-refractivity contribution in [2.75, 3.05) is 19.7 Å². The summed E-state index contributed by atoms with van der Waals surface area (Å²) in [5.74, 6) is 0. The molecule has 2 aliphatic rings. The van der Waals surface area contributed by atoms with E-state index in [2.05, 4.69) is 11.0 Å². The third-order valence-corrected chi connectivity index (χ3v) is 4.36. The van der Waals surface area contributed by atoms with Crippen molar-refractivity contribution in [3.05, 3.63) is 34.3 Å².